The molecule has 0 radical (unpaired) electrons. The Bertz CT molecular complexity index is 476. The second-order valence-electron chi connectivity index (χ2n) is 4.11. The molecule has 1 heterocycles. The molecule has 1 unspecified atom stereocenters. The molecular formula is C13H16IN3. The molecule has 2 aromatic rings. The summed E-state index contributed by atoms with van der Waals surface area (Å²) in [4.78, 5) is 0. The minimum atomic E-state index is 0.348. The maximum atomic E-state index is 4.38. The lowest BCUT2D eigenvalue weighted by Crippen LogP contribution is -2.11. The van der Waals surface area contributed by atoms with Crippen LogP contribution in [0, 0.1) is 3.57 Å². The number of halogens is 1. The van der Waals surface area contributed by atoms with E-state index in [4.69, 9.17) is 0 Å². The van der Waals surface area contributed by atoms with Crippen molar-refractivity contribution in [3.8, 4) is 0 Å². The third-order valence-corrected chi connectivity index (χ3v) is 3.56. The van der Waals surface area contributed by atoms with Crippen LogP contribution in [0.2, 0.25) is 0 Å². The van der Waals surface area contributed by atoms with Gasteiger partial charge in [-0.3, -0.25) is 4.68 Å². The first-order chi connectivity index (χ1) is 8.19. The van der Waals surface area contributed by atoms with Gasteiger partial charge in [0.25, 0.3) is 0 Å². The zero-order valence-electron chi connectivity index (χ0n) is 10.0. The van der Waals surface area contributed by atoms with Crippen molar-refractivity contribution in [1.82, 2.24) is 15.1 Å². The van der Waals surface area contributed by atoms with Gasteiger partial charge in [-0.1, -0.05) is 12.1 Å². The Hall–Kier alpha value is -0.880. The van der Waals surface area contributed by atoms with Crippen molar-refractivity contribution in [1.29, 1.82) is 0 Å². The highest BCUT2D eigenvalue weighted by Crippen LogP contribution is 2.12. The third kappa shape index (κ3) is 3.29. The number of hydrogen-bond acceptors (Lipinski definition) is 2. The van der Waals surface area contributed by atoms with Crippen LogP contribution >= 0.6 is 22.6 Å². The van der Waals surface area contributed by atoms with E-state index in [0.29, 0.717) is 6.04 Å². The van der Waals surface area contributed by atoms with Crippen molar-refractivity contribution in [2.75, 3.05) is 7.05 Å². The zero-order valence-corrected chi connectivity index (χ0v) is 12.2. The minimum absolute atomic E-state index is 0.348. The van der Waals surface area contributed by atoms with E-state index in [1.807, 2.05) is 17.9 Å². The van der Waals surface area contributed by atoms with Crippen LogP contribution in [0.3, 0.4) is 0 Å². The Morgan fingerprint density at radius 2 is 2.06 bits per heavy atom. The second-order valence-corrected chi connectivity index (χ2v) is 5.35. The van der Waals surface area contributed by atoms with Crippen LogP contribution in [-0.4, -0.2) is 16.8 Å². The average Bonchev–Trinajstić information content (AvgIpc) is 2.80. The molecule has 4 heteroatoms. The zero-order chi connectivity index (χ0) is 12.3. The van der Waals surface area contributed by atoms with Crippen LogP contribution in [0.4, 0.5) is 0 Å². The molecule has 0 saturated carbocycles. The fourth-order valence-corrected chi connectivity index (χ4v) is 1.99. The van der Waals surface area contributed by atoms with Gasteiger partial charge >= 0.3 is 0 Å². The molecule has 17 heavy (non-hydrogen) atoms. The predicted octanol–water partition coefficient (Wildman–Crippen LogP) is 2.82. The van der Waals surface area contributed by atoms with Crippen molar-refractivity contribution in [3.05, 3.63) is 51.4 Å². The van der Waals surface area contributed by atoms with Crippen molar-refractivity contribution < 1.29 is 0 Å². The van der Waals surface area contributed by atoms with E-state index < -0.39 is 0 Å². The number of aromatic nitrogens is 2. The lowest BCUT2D eigenvalue weighted by molar-refractivity contribution is 0.646. The molecule has 1 atom stereocenters. The summed E-state index contributed by atoms with van der Waals surface area (Å²) in [6.45, 7) is 2.96. The highest BCUT2D eigenvalue weighted by Gasteiger charge is 2.05. The van der Waals surface area contributed by atoms with Gasteiger partial charge < -0.3 is 5.32 Å². The number of nitrogens with zero attached hydrogens (tertiary/aromatic N) is 2. The summed E-state index contributed by atoms with van der Waals surface area (Å²) in [7, 11) is 1.96. The van der Waals surface area contributed by atoms with Gasteiger partial charge in [0, 0.05) is 21.4 Å². The first-order valence-electron chi connectivity index (χ1n) is 5.63. The van der Waals surface area contributed by atoms with Crippen molar-refractivity contribution in [2.24, 2.45) is 0 Å². The lowest BCUT2D eigenvalue weighted by atomic mass is 10.2. The molecular weight excluding hydrogens is 325 g/mol. The Morgan fingerprint density at radius 1 is 1.35 bits per heavy atom. The number of benzene rings is 1. The number of rotatable bonds is 4. The minimum Gasteiger partial charge on any atom is -0.313 e. The van der Waals surface area contributed by atoms with Crippen molar-refractivity contribution in [3.63, 3.8) is 0 Å². The summed E-state index contributed by atoms with van der Waals surface area (Å²) in [5.74, 6) is 0. The van der Waals surface area contributed by atoms with Crippen LogP contribution in [0.1, 0.15) is 24.1 Å². The summed E-state index contributed by atoms with van der Waals surface area (Å²) >= 11 is 2.31. The topological polar surface area (TPSA) is 29.9 Å². The summed E-state index contributed by atoms with van der Waals surface area (Å²) in [6.07, 6.45) is 4.02. The standard InChI is InChI=1S/C13H16IN3/c1-10(15-2)12-7-16-17(9-12)8-11-3-5-13(14)6-4-11/h3-7,9-10,15H,8H2,1-2H3. The van der Waals surface area contributed by atoms with E-state index >= 15 is 0 Å². The van der Waals surface area contributed by atoms with Gasteiger partial charge in [-0.15, -0.1) is 0 Å². The average molecular weight is 341 g/mol. The van der Waals surface area contributed by atoms with Crippen LogP contribution in [-0.2, 0) is 6.54 Å². The summed E-state index contributed by atoms with van der Waals surface area (Å²) < 4.78 is 3.24. The van der Waals surface area contributed by atoms with E-state index in [1.165, 1.54) is 14.7 Å². The normalized spacial score (nSPS) is 12.6. The fraction of sp³-hybridized carbons (Fsp3) is 0.308. The van der Waals surface area contributed by atoms with Crippen LogP contribution in [0.15, 0.2) is 36.7 Å². The molecule has 0 spiro atoms. The van der Waals surface area contributed by atoms with E-state index in [0.717, 1.165) is 6.54 Å². The predicted molar refractivity (Wildman–Crippen MR) is 78.0 cm³/mol. The monoisotopic (exact) mass is 341 g/mol. The molecule has 90 valence electrons. The van der Waals surface area contributed by atoms with Crippen LogP contribution in [0.25, 0.3) is 0 Å². The molecule has 0 bridgehead atoms. The Kier molecular flexibility index (Phi) is 4.17. The molecule has 3 nitrogen and oxygen atoms in total. The van der Waals surface area contributed by atoms with Gasteiger partial charge in [-0.25, -0.2) is 0 Å². The Balaban J connectivity index is 2.08. The number of nitrogens with one attached hydrogen (secondary N) is 1. The largest absolute Gasteiger partial charge is 0.313 e. The molecule has 1 aromatic carbocycles. The SMILES string of the molecule is CNC(C)c1cnn(Cc2ccc(I)cc2)c1. The molecule has 0 amide bonds. The van der Waals surface area contributed by atoms with Gasteiger partial charge in [0.05, 0.1) is 12.7 Å². The molecule has 0 aliphatic carbocycles. The van der Waals surface area contributed by atoms with Gasteiger partial charge in [-0.05, 0) is 54.3 Å². The van der Waals surface area contributed by atoms with Gasteiger partial charge in [0.2, 0.25) is 0 Å². The maximum Gasteiger partial charge on any atom is 0.0659 e. The van der Waals surface area contributed by atoms with Crippen molar-refractivity contribution in [2.45, 2.75) is 19.5 Å². The molecule has 0 aliphatic rings. The summed E-state index contributed by atoms with van der Waals surface area (Å²) in [5.41, 5.74) is 2.50. The van der Waals surface area contributed by atoms with Gasteiger partial charge in [-0.2, -0.15) is 5.10 Å². The fourth-order valence-electron chi connectivity index (χ4n) is 1.63. The summed E-state index contributed by atoms with van der Waals surface area (Å²) in [6, 6.07) is 8.88. The second kappa shape index (κ2) is 5.64. The van der Waals surface area contributed by atoms with Gasteiger partial charge in [0.15, 0.2) is 0 Å². The molecule has 0 aliphatic heterocycles. The molecule has 1 N–H and O–H groups in total. The third-order valence-electron chi connectivity index (χ3n) is 2.84. The van der Waals surface area contributed by atoms with Gasteiger partial charge in [0.1, 0.15) is 0 Å². The van der Waals surface area contributed by atoms with E-state index in [2.05, 4.69) is 70.4 Å². The first-order valence-corrected chi connectivity index (χ1v) is 6.71. The van der Waals surface area contributed by atoms with E-state index in [9.17, 15) is 0 Å². The summed E-state index contributed by atoms with van der Waals surface area (Å²) in [5, 5.41) is 7.59. The van der Waals surface area contributed by atoms with E-state index in [-0.39, 0.29) is 0 Å². The highest BCUT2D eigenvalue weighted by molar-refractivity contribution is 14.1. The van der Waals surface area contributed by atoms with Crippen LogP contribution in [0.5, 0.6) is 0 Å². The molecule has 2 rings (SSSR count). The van der Waals surface area contributed by atoms with Crippen LogP contribution < -0.4 is 5.32 Å². The first kappa shape index (κ1) is 12.6. The Labute approximate surface area is 115 Å². The lowest BCUT2D eigenvalue weighted by Gasteiger charge is -2.06. The highest BCUT2D eigenvalue weighted by atomic mass is 127. The number of hydrogen-bond donors (Lipinski definition) is 1. The van der Waals surface area contributed by atoms with E-state index in [1.54, 1.807) is 0 Å². The van der Waals surface area contributed by atoms with Crippen molar-refractivity contribution >= 4 is 22.6 Å². The molecule has 0 fully saturated rings. The molecule has 1 aromatic heterocycles. The quantitative estimate of drug-likeness (QED) is 0.867. The maximum absolute atomic E-state index is 4.38. The smallest absolute Gasteiger partial charge is 0.0659 e. The Morgan fingerprint density at radius 3 is 2.71 bits per heavy atom. The molecule has 0 saturated heterocycles.